The maximum atomic E-state index is 12.7. The molecular weight excluding hydrogens is 382 g/mol. The van der Waals surface area contributed by atoms with Crippen molar-refractivity contribution in [3.05, 3.63) is 28.8 Å². The number of carbonyl (C=O) groups is 3. The second-order valence-electron chi connectivity index (χ2n) is 7.34. The van der Waals surface area contributed by atoms with Gasteiger partial charge >= 0.3 is 6.03 Å². The number of benzene rings is 1. The van der Waals surface area contributed by atoms with E-state index >= 15 is 0 Å². The highest BCUT2D eigenvalue weighted by Gasteiger charge is 2.46. The number of hydrogen-bond donors (Lipinski definition) is 4. The molecule has 152 valence electrons. The maximum Gasteiger partial charge on any atom is 0.319 e. The first-order valence-electron chi connectivity index (χ1n) is 9.53. The second-order valence-corrected chi connectivity index (χ2v) is 7.78. The third kappa shape index (κ3) is 4.56. The van der Waals surface area contributed by atoms with Crippen LogP contribution >= 0.6 is 11.6 Å². The fourth-order valence-corrected chi connectivity index (χ4v) is 3.90. The van der Waals surface area contributed by atoms with Crippen molar-refractivity contribution >= 4 is 35.1 Å². The van der Waals surface area contributed by atoms with E-state index in [0.29, 0.717) is 36.6 Å². The van der Waals surface area contributed by atoms with Gasteiger partial charge in [-0.15, -0.1) is 0 Å². The average Bonchev–Trinajstić information content (AvgIpc) is 3.07. The predicted molar refractivity (Wildman–Crippen MR) is 107 cm³/mol. The van der Waals surface area contributed by atoms with Crippen molar-refractivity contribution in [1.82, 2.24) is 15.5 Å². The Bertz CT molecular complexity index is 772. The van der Waals surface area contributed by atoms with Gasteiger partial charge in [-0.2, -0.15) is 0 Å². The van der Waals surface area contributed by atoms with Crippen LogP contribution in [0.2, 0.25) is 5.02 Å². The van der Waals surface area contributed by atoms with Gasteiger partial charge in [0, 0.05) is 17.3 Å². The number of carbonyl (C=O) groups excluding carboxylic acids is 3. The number of unbranched alkanes of at least 4 members (excludes halogenated alkanes) is 1. The first kappa shape index (κ1) is 20.4. The van der Waals surface area contributed by atoms with Crippen molar-refractivity contribution in [3.63, 3.8) is 0 Å². The van der Waals surface area contributed by atoms with E-state index in [4.69, 9.17) is 17.3 Å². The zero-order valence-electron chi connectivity index (χ0n) is 15.8. The van der Waals surface area contributed by atoms with Crippen LogP contribution in [0.3, 0.4) is 0 Å². The number of halogens is 1. The van der Waals surface area contributed by atoms with Crippen LogP contribution in [0.1, 0.15) is 31.2 Å². The summed E-state index contributed by atoms with van der Waals surface area (Å²) < 4.78 is 0. The number of urea groups is 1. The molecule has 8 nitrogen and oxygen atoms in total. The van der Waals surface area contributed by atoms with Gasteiger partial charge in [-0.25, -0.2) is 4.79 Å². The minimum absolute atomic E-state index is 0.0861. The number of anilines is 1. The number of nitrogens with two attached hydrogens (primary N) is 1. The Kier molecular flexibility index (Phi) is 6.41. The third-order valence-electron chi connectivity index (χ3n) is 5.23. The standard InChI is InChI=1S/C19H26ClN5O3/c1-11-5-6-12(20)8-15(11)24-19(28)22-13-9-16-17(26)23-14(4-2-3-7-21)18(27)25(16)10-13/h5-6,8,13-14,16H,2-4,7,9-10,21H2,1H3,(H,23,26)(H2,22,24,28)/t13-,14-,16-/m0/s1. The van der Waals surface area contributed by atoms with Crippen LogP contribution in [0.15, 0.2) is 18.2 Å². The van der Waals surface area contributed by atoms with E-state index in [2.05, 4.69) is 16.0 Å². The number of amides is 4. The van der Waals surface area contributed by atoms with Gasteiger partial charge < -0.3 is 26.6 Å². The normalized spacial score (nSPS) is 24.0. The lowest BCUT2D eigenvalue weighted by atomic mass is 10.0. The molecule has 2 fully saturated rings. The minimum atomic E-state index is -0.531. The summed E-state index contributed by atoms with van der Waals surface area (Å²) in [5.41, 5.74) is 7.00. The van der Waals surface area contributed by atoms with E-state index in [1.165, 1.54) is 0 Å². The van der Waals surface area contributed by atoms with Gasteiger partial charge in [0.1, 0.15) is 12.1 Å². The predicted octanol–water partition coefficient (Wildman–Crippen LogP) is 1.37. The smallest absolute Gasteiger partial charge is 0.319 e. The molecule has 1 aromatic carbocycles. The molecule has 0 saturated carbocycles. The highest BCUT2D eigenvalue weighted by Crippen LogP contribution is 2.25. The van der Waals surface area contributed by atoms with Gasteiger partial charge in [-0.1, -0.05) is 17.7 Å². The zero-order valence-corrected chi connectivity index (χ0v) is 16.6. The van der Waals surface area contributed by atoms with Gasteiger partial charge in [0.15, 0.2) is 0 Å². The molecule has 0 spiro atoms. The van der Waals surface area contributed by atoms with Crippen molar-refractivity contribution in [3.8, 4) is 0 Å². The highest BCUT2D eigenvalue weighted by molar-refractivity contribution is 6.31. The fraction of sp³-hybridized carbons (Fsp3) is 0.526. The van der Waals surface area contributed by atoms with Gasteiger partial charge in [-0.05, 0) is 56.8 Å². The summed E-state index contributed by atoms with van der Waals surface area (Å²) in [6.45, 7) is 2.76. The van der Waals surface area contributed by atoms with Gasteiger partial charge in [0.05, 0.1) is 6.04 Å². The van der Waals surface area contributed by atoms with Gasteiger partial charge in [-0.3, -0.25) is 9.59 Å². The van der Waals surface area contributed by atoms with E-state index in [9.17, 15) is 14.4 Å². The lowest BCUT2D eigenvalue weighted by molar-refractivity contribution is -0.147. The van der Waals surface area contributed by atoms with Crippen molar-refractivity contribution in [1.29, 1.82) is 0 Å². The molecule has 0 radical (unpaired) electrons. The fourth-order valence-electron chi connectivity index (χ4n) is 3.72. The van der Waals surface area contributed by atoms with Crippen molar-refractivity contribution in [2.75, 3.05) is 18.4 Å². The zero-order chi connectivity index (χ0) is 20.3. The summed E-state index contributed by atoms with van der Waals surface area (Å²) in [5, 5.41) is 8.97. The van der Waals surface area contributed by atoms with E-state index in [0.717, 1.165) is 18.4 Å². The van der Waals surface area contributed by atoms with Crippen LogP contribution in [0.5, 0.6) is 0 Å². The van der Waals surface area contributed by atoms with E-state index in [-0.39, 0.29) is 23.9 Å². The number of rotatable bonds is 6. The molecule has 28 heavy (non-hydrogen) atoms. The Balaban J connectivity index is 1.58. The van der Waals surface area contributed by atoms with Crippen molar-refractivity contribution in [2.45, 2.75) is 50.7 Å². The summed E-state index contributed by atoms with van der Waals surface area (Å²) >= 11 is 5.98. The molecule has 2 saturated heterocycles. The Morgan fingerprint density at radius 2 is 2.14 bits per heavy atom. The summed E-state index contributed by atoms with van der Waals surface area (Å²) in [5.74, 6) is -0.246. The third-order valence-corrected chi connectivity index (χ3v) is 5.47. The van der Waals surface area contributed by atoms with Crippen molar-refractivity contribution in [2.24, 2.45) is 5.73 Å². The van der Waals surface area contributed by atoms with Crippen LogP contribution in [0, 0.1) is 6.92 Å². The van der Waals surface area contributed by atoms with Crippen LogP contribution in [-0.2, 0) is 9.59 Å². The molecule has 0 unspecified atom stereocenters. The Labute approximate surface area is 169 Å². The first-order valence-corrected chi connectivity index (χ1v) is 9.91. The first-order chi connectivity index (χ1) is 13.4. The van der Waals surface area contributed by atoms with E-state index in [1.807, 2.05) is 13.0 Å². The lowest BCUT2D eigenvalue weighted by Crippen LogP contribution is -2.61. The van der Waals surface area contributed by atoms with Gasteiger partial charge in [0.25, 0.3) is 0 Å². The number of fused-ring (bicyclic) bond motifs is 1. The number of nitrogens with one attached hydrogen (secondary N) is 3. The average molecular weight is 408 g/mol. The molecule has 9 heteroatoms. The second kappa shape index (κ2) is 8.79. The molecule has 3 rings (SSSR count). The lowest BCUT2D eigenvalue weighted by Gasteiger charge is -2.34. The molecule has 2 aliphatic rings. The molecule has 2 heterocycles. The molecular formula is C19H26ClN5O3. The van der Waals surface area contributed by atoms with E-state index in [1.54, 1.807) is 17.0 Å². The van der Waals surface area contributed by atoms with Crippen molar-refractivity contribution < 1.29 is 14.4 Å². The number of aryl methyl sites for hydroxylation is 1. The number of piperazine rings is 1. The van der Waals surface area contributed by atoms with Crippen LogP contribution in [0.25, 0.3) is 0 Å². The Morgan fingerprint density at radius 3 is 2.89 bits per heavy atom. The quantitative estimate of drug-likeness (QED) is 0.533. The van der Waals surface area contributed by atoms with Crippen LogP contribution < -0.4 is 21.7 Å². The largest absolute Gasteiger partial charge is 0.343 e. The van der Waals surface area contributed by atoms with Gasteiger partial charge in [0.2, 0.25) is 11.8 Å². The van der Waals surface area contributed by atoms with Crippen LogP contribution in [0.4, 0.5) is 10.5 Å². The van der Waals surface area contributed by atoms with Crippen LogP contribution in [-0.4, -0.2) is 54.0 Å². The monoisotopic (exact) mass is 407 g/mol. The highest BCUT2D eigenvalue weighted by atomic mass is 35.5. The molecule has 3 atom stereocenters. The Hall–Kier alpha value is -2.32. The Morgan fingerprint density at radius 1 is 1.36 bits per heavy atom. The summed E-state index contributed by atoms with van der Waals surface area (Å²) in [4.78, 5) is 39.0. The molecule has 5 N–H and O–H groups in total. The molecule has 1 aromatic rings. The summed E-state index contributed by atoms with van der Waals surface area (Å²) in [7, 11) is 0. The molecule has 0 aromatic heterocycles. The summed E-state index contributed by atoms with van der Waals surface area (Å²) in [6, 6.07) is 3.54. The molecule has 0 bridgehead atoms. The molecule has 4 amide bonds. The summed E-state index contributed by atoms with van der Waals surface area (Å²) in [6.07, 6.45) is 2.58. The van der Waals surface area contributed by atoms with E-state index < -0.39 is 12.1 Å². The number of nitrogens with zero attached hydrogens (tertiary/aromatic N) is 1. The maximum absolute atomic E-state index is 12.7. The molecule has 2 aliphatic heterocycles. The minimum Gasteiger partial charge on any atom is -0.343 e. The molecule has 0 aliphatic carbocycles. The number of hydrogen-bond acceptors (Lipinski definition) is 4. The topological polar surface area (TPSA) is 117 Å². The SMILES string of the molecule is Cc1ccc(Cl)cc1NC(=O)N[C@H]1C[C@H]2C(=O)N[C@@H](CCCCN)C(=O)N2C1.